The van der Waals surface area contributed by atoms with Crippen LogP contribution < -0.4 is 16.8 Å². The SMILES string of the molecule is CCCC1CC(N)CC(c2ccncc2NC(=O)c2nc(-c3c(O)cc(C)cc3F)c(F)cc2N)C1. The van der Waals surface area contributed by atoms with Crippen molar-refractivity contribution in [3.05, 3.63) is 65.1 Å². The minimum Gasteiger partial charge on any atom is -0.507 e. The van der Waals surface area contributed by atoms with E-state index in [-0.39, 0.29) is 23.3 Å². The second-order valence-electron chi connectivity index (χ2n) is 9.63. The lowest BCUT2D eigenvalue weighted by Crippen LogP contribution is -2.32. The Labute approximate surface area is 209 Å². The van der Waals surface area contributed by atoms with Gasteiger partial charge in [-0.2, -0.15) is 0 Å². The molecular formula is C27H31F2N5O2. The molecule has 1 fully saturated rings. The van der Waals surface area contributed by atoms with Gasteiger partial charge in [-0.05, 0) is 67.3 Å². The molecule has 9 heteroatoms. The quantitative estimate of drug-likeness (QED) is 0.368. The number of halogens is 2. The molecule has 1 aromatic carbocycles. The van der Waals surface area contributed by atoms with Crippen molar-refractivity contribution < 1.29 is 18.7 Å². The number of rotatable bonds is 6. The van der Waals surface area contributed by atoms with Crippen LogP contribution in [0.5, 0.6) is 5.75 Å². The van der Waals surface area contributed by atoms with Crippen LogP contribution in [0.15, 0.2) is 36.7 Å². The van der Waals surface area contributed by atoms with Gasteiger partial charge in [0.05, 0.1) is 23.1 Å². The third-order valence-corrected chi connectivity index (χ3v) is 6.75. The number of nitrogens with one attached hydrogen (secondary N) is 1. The van der Waals surface area contributed by atoms with Crippen LogP contribution in [0.1, 0.15) is 66.6 Å². The highest BCUT2D eigenvalue weighted by Crippen LogP contribution is 2.40. The number of hydrogen-bond donors (Lipinski definition) is 4. The first-order chi connectivity index (χ1) is 17.2. The predicted molar refractivity (Wildman–Crippen MR) is 136 cm³/mol. The van der Waals surface area contributed by atoms with Crippen molar-refractivity contribution in [3.63, 3.8) is 0 Å². The number of carbonyl (C=O) groups is 1. The molecule has 36 heavy (non-hydrogen) atoms. The molecule has 190 valence electrons. The number of carbonyl (C=O) groups excluding carboxylic acids is 1. The highest BCUT2D eigenvalue weighted by atomic mass is 19.1. The summed E-state index contributed by atoms with van der Waals surface area (Å²) in [5.41, 5.74) is 12.7. The Hall–Kier alpha value is -3.59. The zero-order valence-corrected chi connectivity index (χ0v) is 20.4. The summed E-state index contributed by atoms with van der Waals surface area (Å²) in [5, 5.41) is 13.0. The molecule has 0 radical (unpaired) electrons. The fourth-order valence-corrected chi connectivity index (χ4v) is 5.25. The summed E-state index contributed by atoms with van der Waals surface area (Å²) in [7, 11) is 0. The minimum absolute atomic E-state index is 0.0751. The maximum atomic E-state index is 14.7. The summed E-state index contributed by atoms with van der Waals surface area (Å²) < 4.78 is 29.4. The van der Waals surface area contributed by atoms with E-state index >= 15 is 0 Å². The van der Waals surface area contributed by atoms with Crippen LogP contribution in [-0.4, -0.2) is 27.0 Å². The van der Waals surface area contributed by atoms with E-state index < -0.39 is 34.5 Å². The van der Waals surface area contributed by atoms with E-state index in [4.69, 9.17) is 11.5 Å². The molecule has 0 bridgehead atoms. The number of nitrogens with zero attached hydrogens (tertiary/aromatic N) is 2. The Kier molecular flexibility index (Phi) is 7.49. The number of phenols is 1. The van der Waals surface area contributed by atoms with Gasteiger partial charge in [-0.25, -0.2) is 13.8 Å². The molecule has 2 aromatic heterocycles. The first-order valence-corrected chi connectivity index (χ1v) is 12.1. The first kappa shape index (κ1) is 25.5. The van der Waals surface area contributed by atoms with Gasteiger partial charge in [0.2, 0.25) is 0 Å². The Bertz CT molecular complexity index is 1260. The van der Waals surface area contributed by atoms with Crippen molar-refractivity contribution in [1.82, 2.24) is 9.97 Å². The number of amides is 1. The zero-order valence-electron chi connectivity index (χ0n) is 20.4. The number of anilines is 2. The van der Waals surface area contributed by atoms with Gasteiger partial charge in [0.25, 0.3) is 5.91 Å². The molecule has 0 spiro atoms. The summed E-state index contributed by atoms with van der Waals surface area (Å²) in [4.78, 5) is 21.4. The second-order valence-corrected chi connectivity index (χ2v) is 9.63. The van der Waals surface area contributed by atoms with Gasteiger partial charge >= 0.3 is 0 Å². The average molecular weight is 496 g/mol. The lowest BCUT2D eigenvalue weighted by Gasteiger charge is -2.34. The van der Waals surface area contributed by atoms with Crippen LogP contribution in [0.2, 0.25) is 0 Å². The first-order valence-electron chi connectivity index (χ1n) is 12.1. The van der Waals surface area contributed by atoms with Gasteiger partial charge in [-0.1, -0.05) is 19.8 Å². The van der Waals surface area contributed by atoms with Crippen molar-refractivity contribution in [2.75, 3.05) is 11.1 Å². The van der Waals surface area contributed by atoms with Gasteiger partial charge in [-0.3, -0.25) is 9.78 Å². The number of benzene rings is 1. The molecule has 3 atom stereocenters. The lowest BCUT2D eigenvalue weighted by atomic mass is 9.74. The molecule has 2 heterocycles. The van der Waals surface area contributed by atoms with E-state index in [1.807, 2.05) is 6.07 Å². The van der Waals surface area contributed by atoms with Crippen molar-refractivity contribution in [2.24, 2.45) is 11.7 Å². The molecule has 1 saturated carbocycles. The van der Waals surface area contributed by atoms with E-state index in [1.165, 1.54) is 6.07 Å². The Morgan fingerprint density at radius 2 is 1.97 bits per heavy atom. The van der Waals surface area contributed by atoms with E-state index in [1.54, 1.807) is 19.3 Å². The van der Waals surface area contributed by atoms with Crippen LogP contribution in [0.3, 0.4) is 0 Å². The normalized spacial score (nSPS) is 19.8. The van der Waals surface area contributed by atoms with Crippen molar-refractivity contribution in [3.8, 4) is 17.0 Å². The maximum absolute atomic E-state index is 14.7. The topological polar surface area (TPSA) is 127 Å². The fourth-order valence-electron chi connectivity index (χ4n) is 5.25. The average Bonchev–Trinajstić information content (AvgIpc) is 2.80. The van der Waals surface area contributed by atoms with Gasteiger partial charge in [0.15, 0.2) is 11.5 Å². The highest BCUT2D eigenvalue weighted by molar-refractivity contribution is 6.07. The number of phenolic OH excluding ortho intramolecular Hbond substituents is 1. The number of pyridine rings is 2. The number of nitrogen functional groups attached to an aromatic ring is 1. The van der Waals surface area contributed by atoms with Gasteiger partial charge in [0.1, 0.15) is 17.3 Å². The lowest BCUT2D eigenvalue weighted by molar-refractivity contribution is 0.102. The van der Waals surface area contributed by atoms with Gasteiger partial charge < -0.3 is 21.9 Å². The Morgan fingerprint density at radius 1 is 1.19 bits per heavy atom. The van der Waals surface area contributed by atoms with Crippen LogP contribution in [-0.2, 0) is 0 Å². The van der Waals surface area contributed by atoms with Crippen LogP contribution >= 0.6 is 0 Å². The largest absolute Gasteiger partial charge is 0.507 e. The van der Waals surface area contributed by atoms with Crippen LogP contribution in [0, 0.1) is 24.5 Å². The minimum atomic E-state index is -0.956. The molecule has 6 N–H and O–H groups in total. The standard InChI is InChI=1S/C27H31F2N5O2/c1-3-4-15-9-16(11-17(30)10-15)18-5-6-32-13-22(18)33-27(36)26-21(31)12-20(29)25(34-26)24-19(28)7-14(2)8-23(24)35/h5-8,12-13,15-17,35H,3-4,9-11,30-31H2,1-2H3,(H,33,36). The highest BCUT2D eigenvalue weighted by Gasteiger charge is 2.30. The third-order valence-electron chi connectivity index (χ3n) is 6.75. The van der Waals surface area contributed by atoms with E-state index in [0.717, 1.165) is 49.8 Å². The van der Waals surface area contributed by atoms with Crippen LogP contribution in [0.4, 0.5) is 20.2 Å². The van der Waals surface area contributed by atoms with Gasteiger partial charge in [-0.15, -0.1) is 0 Å². The molecule has 3 unspecified atom stereocenters. The Balaban J connectivity index is 1.66. The van der Waals surface area contributed by atoms with Crippen LogP contribution in [0.25, 0.3) is 11.3 Å². The summed E-state index contributed by atoms with van der Waals surface area (Å²) in [6, 6.07) is 5.28. The molecule has 1 aliphatic carbocycles. The van der Waals surface area contributed by atoms with Crippen molar-refractivity contribution in [2.45, 2.75) is 57.9 Å². The second kappa shape index (κ2) is 10.6. The smallest absolute Gasteiger partial charge is 0.276 e. The van der Waals surface area contributed by atoms with E-state index in [2.05, 4.69) is 22.2 Å². The maximum Gasteiger partial charge on any atom is 0.276 e. The zero-order chi connectivity index (χ0) is 26.0. The monoisotopic (exact) mass is 495 g/mol. The molecule has 0 saturated heterocycles. The molecule has 1 aliphatic rings. The van der Waals surface area contributed by atoms with E-state index in [9.17, 15) is 18.7 Å². The molecule has 0 aliphatic heterocycles. The number of aryl methyl sites for hydroxylation is 1. The summed E-state index contributed by atoms with van der Waals surface area (Å²) in [6.07, 6.45) is 8.14. The predicted octanol–water partition coefficient (Wildman–Crippen LogP) is 5.28. The molecule has 1 amide bonds. The van der Waals surface area contributed by atoms with E-state index in [0.29, 0.717) is 17.2 Å². The molecule has 7 nitrogen and oxygen atoms in total. The number of aromatic hydroxyl groups is 1. The molecule has 3 aromatic rings. The van der Waals surface area contributed by atoms with Gasteiger partial charge in [0, 0.05) is 18.3 Å². The third kappa shape index (κ3) is 5.31. The molecular weight excluding hydrogens is 464 g/mol. The number of hydrogen-bond acceptors (Lipinski definition) is 6. The number of nitrogens with two attached hydrogens (primary N) is 2. The summed E-state index contributed by atoms with van der Waals surface area (Å²) >= 11 is 0. The van der Waals surface area contributed by atoms with Crippen molar-refractivity contribution >= 4 is 17.3 Å². The summed E-state index contributed by atoms with van der Waals surface area (Å²) in [5.74, 6) is -2.34. The summed E-state index contributed by atoms with van der Waals surface area (Å²) in [6.45, 7) is 3.75. The molecule has 4 rings (SSSR count). The number of aromatic nitrogens is 2. The van der Waals surface area contributed by atoms with Crippen molar-refractivity contribution in [1.29, 1.82) is 0 Å². The fraction of sp³-hybridized carbons (Fsp3) is 0.370. The Morgan fingerprint density at radius 3 is 2.69 bits per heavy atom.